The first-order valence-corrected chi connectivity index (χ1v) is 20.9. The summed E-state index contributed by atoms with van der Waals surface area (Å²) in [5.41, 5.74) is 6.23. The fourth-order valence-corrected chi connectivity index (χ4v) is 15.0. The second-order valence-electron chi connectivity index (χ2n) is 19.8. The molecule has 5 fully saturated rings. The van der Waals surface area contributed by atoms with Gasteiger partial charge in [0.15, 0.2) is 0 Å². The lowest BCUT2D eigenvalue weighted by Crippen LogP contribution is -2.64. The summed E-state index contributed by atoms with van der Waals surface area (Å²) in [6.07, 6.45) is 27.1. The van der Waals surface area contributed by atoms with E-state index in [0.29, 0.717) is 40.4 Å². The van der Waals surface area contributed by atoms with Crippen molar-refractivity contribution >= 4 is 5.97 Å². The third kappa shape index (κ3) is 5.06. The summed E-state index contributed by atoms with van der Waals surface area (Å²) >= 11 is 0. The minimum atomic E-state index is -1.04. The first kappa shape index (κ1) is 36.5. The molecule has 1 spiro atoms. The zero-order valence-corrected chi connectivity index (χ0v) is 33.1. The highest BCUT2D eigenvalue weighted by Gasteiger charge is 2.76. The molecule has 0 amide bonds. The van der Waals surface area contributed by atoms with Crippen LogP contribution in [0.5, 0.6) is 0 Å². The van der Waals surface area contributed by atoms with Crippen LogP contribution in [0.2, 0.25) is 0 Å². The fraction of sp³-hybridized carbons (Fsp3) is 0.766. The van der Waals surface area contributed by atoms with Gasteiger partial charge in [-0.2, -0.15) is 0 Å². The van der Waals surface area contributed by atoms with Gasteiger partial charge in [-0.1, -0.05) is 91.0 Å². The molecule has 0 heterocycles. The van der Waals surface area contributed by atoms with E-state index in [9.17, 15) is 9.18 Å². The van der Waals surface area contributed by atoms with Gasteiger partial charge in [0, 0.05) is 0 Å². The van der Waals surface area contributed by atoms with Crippen molar-refractivity contribution in [1.82, 2.24) is 0 Å². The average Bonchev–Trinajstić information content (AvgIpc) is 3.66. The fourth-order valence-electron chi connectivity index (χ4n) is 15.0. The Morgan fingerprint density at radius 2 is 1.70 bits per heavy atom. The normalized spacial score (nSPS) is 46.5. The number of fused-ring (bicyclic) bond motifs is 6. The van der Waals surface area contributed by atoms with Gasteiger partial charge in [-0.3, -0.25) is 4.79 Å². The first-order chi connectivity index (χ1) is 23.8. The van der Waals surface area contributed by atoms with Crippen LogP contribution in [-0.2, 0) is 9.53 Å². The lowest BCUT2D eigenvalue weighted by atomic mass is 9.33. The molecule has 0 bridgehead atoms. The molecule has 2 nitrogen and oxygen atoms in total. The summed E-state index contributed by atoms with van der Waals surface area (Å²) in [7, 11) is 0. The second-order valence-corrected chi connectivity index (χ2v) is 19.8. The Balaban J connectivity index is 0.00000193. The summed E-state index contributed by atoms with van der Waals surface area (Å²) in [4.78, 5) is 13.3. The van der Waals surface area contributed by atoms with Crippen molar-refractivity contribution in [2.24, 2.45) is 68.0 Å². The van der Waals surface area contributed by atoms with Crippen LogP contribution < -0.4 is 0 Å². The number of allylic oxidation sites excluding steroid dienone is 8. The van der Waals surface area contributed by atoms with Gasteiger partial charge in [0.2, 0.25) is 0 Å². The minimum Gasteiger partial charge on any atom is -0.461 e. The van der Waals surface area contributed by atoms with Gasteiger partial charge in [-0.05, 0) is 176 Å². The number of ether oxygens (including phenoxy) is 1. The number of rotatable bonds is 6. The van der Waals surface area contributed by atoms with Crippen molar-refractivity contribution < 1.29 is 13.9 Å². The van der Waals surface area contributed by atoms with Gasteiger partial charge in [-0.25, -0.2) is 4.39 Å². The molecule has 0 radical (unpaired) electrons. The van der Waals surface area contributed by atoms with Crippen molar-refractivity contribution in [2.75, 3.05) is 13.3 Å². The highest BCUT2D eigenvalue weighted by atomic mass is 19.1. The van der Waals surface area contributed by atoms with Gasteiger partial charge in [0.1, 0.15) is 13.3 Å². The number of halogens is 1. The Hall–Kier alpha value is -1.90. The monoisotopic (exact) mass is 685 g/mol. The van der Waals surface area contributed by atoms with E-state index in [1.807, 2.05) is 26.0 Å². The molecular formula is C47H69FO2. The molecule has 5 saturated carbocycles. The number of hydrogen-bond acceptors (Lipinski definition) is 2. The van der Waals surface area contributed by atoms with Crippen LogP contribution in [0.25, 0.3) is 0 Å². The van der Waals surface area contributed by atoms with E-state index in [2.05, 4.69) is 66.3 Å². The lowest BCUT2D eigenvalue weighted by molar-refractivity contribution is -0.218. The quantitative estimate of drug-likeness (QED) is 0.206. The third-order valence-electron chi connectivity index (χ3n) is 17.7. The van der Waals surface area contributed by atoms with Gasteiger partial charge in [-0.15, -0.1) is 0 Å². The number of hydrogen-bond donors (Lipinski definition) is 0. The number of esters is 1. The maximum Gasteiger partial charge on any atom is 0.315 e. The molecule has 0 aliphatic heterocycles. The lowest BCUT2D eigenvalue weighted by Gasteiger charge is -2.71. The van der Waals surface area contributed by atoms with E-state index < -0.39 is 12.1 Å². The summed E-state index contributed by atoms with van der Waals surface area (Å²) in [5.74, 6) is 4.48. The standard InChI is InChI=1S/C45H63FO2.C2H6/c1-29(2)33-17-24-45-26-32(45)25-43(7)35(38(33)45)13-14-37-41(5)20-18-34(40(3,4)36(41)19-21-42(37,43)6)31-15-22-44(28-46,23-16-31)39(47)48-27-30-11-9-8-10-12-30;1-2/h8-9,11,15,18,32-33,35-38H,1,10,12-14,16-17,19-28H2,2-7H3;1-2H3/t32?,33-,35+,36-,37+,38+,41-,42+,43+,44-,45-;/m0./s1. The molecule has 3 heteroatoms. The zero-order chi connectivity index (χ0) is 35.9. The smallest absolute Gasteiger partial charge is 0.315 e. The molecule has 8 aliphatic carbocycles. The van der Waals surface area contributed by atoms with Gasteiger partial charge in [0.05, 0.1) is 5.41 Å². The molecule has 276 valence electrons. The van der Waals surface area contributed by atoms with Crippen molar-refractivity contribution in [3.05, 3.63) is 59.3 Å². The second kappa shape index (κ2) is 12.6. The van der Waals surface area contributed by atoms with Crippen molar-refractivity contribution in [2.45, 2.75) is 145 Å². The Kier molecular flexibility index (Phi) is 9.19. The van der Waals surface area contributed by atoms with E-state index >= 15 is 0 Å². The predicted molar refractivity (Wildman–Crippen MR) is 205 cm³/mol. The largest absolute Gasteiger partial charge is 0.461 e. The Morgan fingerprint density at radius 1 is 0.920 bits per heavy atom. The maximum atomic E-state index is 14.7. The predicted octanol–water partition coefficient (Wildman–Crippen LogP) is 12.7. The molecule has 0 aromatic carbocycles. The van der Waals surface area contributed by atoms with Crippen LogP contribution in [0.3, 0.4) is 0 Å². The Morgan fingerprint density at radius 3 is 2.36 bits per heavy atom. The minimum absolute atomic E-state index is 0.0594. The molecule has 0 aromatic rings. The highest BCUT2D eigenvalue weighted by molar-refractivity contribution is 5.78. The molecule has 11 atom stereocenters. The zero-order valence-electron chi connectivity index (χ0n) is 33.1. The summed E-state index contributed by atoms with van der Waals surface area (Å²) in [5, 5.41) is 0. The SMILES string of the molecule is C=C(C)[C@@H]1CC[C@]23CC2C[C@]2(C)[C@H](CC[C@@H]4[C@@]5(C)CC=C(C6=CC[C@](CF)(C(=O)OCC7=CC=CCC7)CC6)C(C)(C)[C@@H]5CC[C@]42C)[C@@H]13.CC. The molecular weight excluding hydrogens is 616 g/mol. The van der Waals surface area contributed by atoms with Gasteiger partial charge < -0.3 is 4.74 Å². The highest BCUT2D eigenvalue weighted by Crippen LogP contribution is 2.83. The van der Waals surface area contributed by atoms with E-state index in [-0.39, 0.29) is 18.0 Å². The van der Waals surface area contributed by atoms with E-state index in [0.717, 1.165) is 60.8 Å². The third-order valence-corrected chi connectivity index (χ3v) is 17.7. The number of alkyl halides is 1. The van der Waals surface area contributed by atoms with Crippen LogP contribution in [0.4, 0.5) is 4.39 Å². The van der Waals surface area contributed by atoms with Gasteiger partial charge >= 0.3 is 5.97 Å². The molecule has 0 N–H and O–H groups in total. The molecule has 1 unspecified atom stereocenters. The first-order valence-electron chi connectivity index (χ1n) is 20.9. The summed E-state index contributed by atoms with van der Waals surface area (Å²) < 4.78 is 20.4. The Bertz CT molecular complexity index is 1510. The van der Waals surface area contributed by atoms with E-state index in [1.165, 1.54) is 68.1 Å². The molecule has 8 rings (SSSR count). The molecule has 0 aromatic heterocycles. The number of carbonyl (C=O) groups excluding carboxylic acids is 1. The van der Waals surface area contributed by atoms with E-state index in [1.54, 1.807) is 0 Å². The van der Waals surface area contributed by atoms with Crippen LogP contribution in [-0.4, -0.2) is 19.3 Å². The van der Waals surface area contributed by atoms with Crippen molar-refractivity contribution in [3.8, 4) is 0 Å². The van der Waals surface area contributed by atoms with Crippen LogP contribution >= 0.6 is 0 Å². The average molecular weight is 685 g/mol. The summed E-state index contributed by atoms with van der Waals surface area (Å²) in [6.45, 7) is 23.8. The molecule has 50 heavy (non-hydrogen) atoms. The van der Waals surface area contributed by atoms with Crippen molar-refractivity contribution in [1.29, 1.82) is 0 Å². The molecule has 8 aliphatic rings. The van der Waals surface area contributed by atoms with Gasteiger partial charge in [0.25, 0.3) is 0 Å². The molecule has 0 saturated heterocycles. The van der Waals surface area contributed by atoms with Crippen LogP contribution in [0.15, 0.2) is 59.3 Å². The van der Waals surface area contributed by atoms with Crippen LogP contribution in [0.1, 0.15) is 145 Å². The Labute approximate surface area is 304 Å². The maximum absolute atomic E-state index is 14.7. The topological polar surface area (TPSA) is 26.3 Å². The van der Waals surface area contributed by atoms with E-state index in [4.69, 9.17) is 4.74 Å². The number of carbonyl (C=O) groups is 1. The van der Waals surface area contributed by atoms with Crippen LogP contribution in [0, 0.1) is 68.0 Å². The van der Waals surface area contributed by atoms with Crippen molar-refractivity contribution in [3.63, 3.8) is 0 Å². The summed E-state index contributed by atoms with van der Waals surface area (Å²) in [6, 6.07) is 0.